The molecule has 6 nitrogen and oxygen atoms in total. The molecular weight excluding hydrogens is 340 g/mol. The van der Waals surface area contributed by atoms with Crippen LogP contribution >= 0.6 is 0 Å². The van der Waals surface area contributed by atoms with Gasteiger partial charge in [-0.25, -0.2) is 4.98 Å². The van der Waals surface area contributed by atoms with E-state index in [4.69, 9.17) is 9.47 Å². The molecule has 1 atom stereocenters. The zero-order valence-electron chi connectivity index (χ0n) is 16.4. The fraction of sp³-hybridized carbons (Fsp3) is 0.429. The molecule has 146 valence electrons. The van der Waals surface area contributed by atoms with E-state index < -0.39 is 0 Å². The molecule has 0 amide bonds. The molecule has 2 N–H and O–H groups in total. The Kier molecular flexibility index (Phi) is 9.13. The van der Waals surface area contributed by atoms with E-state index in [1.807, 2.05) is 37.3 Å². The quantitative estimate of drug-likeness (QED) is 0.497. The van der Waals surface area contributed by atoms with Crippen molar-refractivity contribution in [2.45, 2.75) is 27.0 Å². The van der Waals surface area contributed by atoms with Crippen molar-refractivity contribution in [1.82, 2.24) is 15.6 Å². The van der Waals surface area contributed by atoms with E-state index in [0.717, 1.165) is 18.1 Å². The largest absolute Gasteiger partial charge is 0.478 e. The van der Waals surface area contributed by atoms with Crippen LogP contribution in [0.5, 0.6) is 5.88 Å². The molecule has 1 heterocycles. The molecule has 2 aromatic rings. The van der Waals surface area contributed by atoms with Gasteiger partial charge in [0.25, 0.3) is 0 Å². The predicted octanol–water partition coefficient (Wildman–Crippen LogP) is 3.00. The highest BCUT2D eigenvalue weighted by atomic mass is 16.5. The van der Waals surface area contributed by atoms with Crippen molar-refractivity contribution >= 4 is 5.96 Å². The van der Waals surface area contributed by atoms with E-state index in [2.05, 4.69) is 39.7 Å². The summed E-state index contributed by atoms with van der Waals surface area (Å²) in [6.45, 7) is 7.49. The molecule has 0 fully saturated rings. The van der Waals surface area contributed by atoms with Crippen LogP contribution in [0, 0.1) is 5.92 Å². The summed E-state index contributed by atoms with van der Waals surface area (Å²) < 4.78 is 11.2. The molecule has 0 aliphatic carbocycles. The molecule has 1 aromatic carbocycles. The topological polar surface area (TPSA) is 67.8 Å². The number of nitrogens with zero attached hydrogens (tertiary/aromatic N) is 2. The van der Waals surface area contributed by atoms with Gasteiger partial charge in [-0.05, 0) is 30.0 Å². The summed E-state index contributed by atoms with van der Waals surface area (Å²) in [4.78, 5) is 8.44. The number of hydrogen-bond donors (Lipinski definition) is 2. The van der Waals surface area contributed by atoms with Gasteiger partial charge in [-0.3, -0.25) is 4.99 Å². The van der Waals surface area contributed by atoms with Crippen LogP contribution in [0.3, 0.4) is 0 Å². The van der Waals surface area contributed by atoms with Crippen molar-refractivity contribution in [3.05, 3.63) is 59.8 Å². The predicted molar refractivity (Wildman–Crippen MR) is 109 cm³/mol. The number of aliphatic imine (C=N–C) groups is 1. The highest BCUT2D eigenvalue weighted by Crippen LogP contribution is 2.09. The number of pyridine rings is 1. The summed E-state index contributed by atoms with van der Waals surface area (Å²) in [7, 11) is 1.77. The van der Waals surface area contributed by atoms with Crippen molar-refractivity contribution < 1.29 is 9.47 Å². The minimum absolute atomic E-state index is 0.373. The van der Waals surface area contributed by atoms with Gasteiger partial charge in [0.2, 0.25) is 5.88 Å². The number of rotatable bonds is 10. The summed E-state index contributed by atoms with van der Waals surface area (Å²) in [5.74, 6) is 1.78. The highest BCUT2D eigenvalue weighted by Gasteiger charge is 2.05. The second-order valence-corrected chi connectivity index (χ2v) is 6.35. The first-order valence-corrected chi connectivity index (χ1v) is 9.35. The molecule has 0 saturated carbocycles. The summed E-state index contributed by atoms with van der Waals surface area (Å²) in [5, 5.41) is 6.65. The fourth-order valence-electron chi connectivity index (χ4n) is 2.48. The van der Waals surface area contributed by atoms with Gasteiger partial charge < -0.3 is 20.1 Å². The lowest BCUT2D eigenvalue weighted by Gasteiger charge is -2.16. The number of aromatic nitrogens is 1. The molecule has 0 saturated heterocycles. The molecular formula is C21H30N4O2. The Balaban J connectivity index is 1.68. The smallest absolute Gasteiger partial charge is 0.213 e. The van der Waals surface area contributed by atoms with Gasteiger partial charge in [0.05, 0.1) is 19.8 Å². The normalized spacial score (nSPS) is 12.5. The van der Waals surface area contributed by atoms with Crippen molar-refractivity contribution in [2.24, 2.45) is 10.9 Å². The van der Waals surface area contributed by atoms with Crippen LogP contribution in [0.4, 0.5) is 0 Å². The highest BCUT2D eigenvalue weighted by molar-refractivity contribution is 5.79. The lowest BCUT2D eigenvalue weighted by molar-refractivity contribution is 0.0931. The molecule has 0 radical (unpaired) electrons. The van der Waals surface area contributed by atoms with Crippen molar-refractivity contribution in [3.63, 3.8) is 0 Å². The van der Waals surface area contributed by atoms with E-state index in [1.165, 1.54) is 5.56 Å². The van der Waals surface area contributed by atoms with Crippen LogP contribution in [-0.2, 0) is 17.9 Å². The van der Waals surface area contributed by atoms with Crippen LogP contribution in [0.2, 0.25) is 0 Å². The van der Waals surface area contributed by atoms with E-state index >= 15 is 0 Å². The van der Waals surface area contributed by atoms with E-state index in [0.29, 0.717) is 38.2 Å². The van der Waals surface area contributed by atoms with Gasteiger partial charge in [-0.15, -0.1) is 0 Å². The van der Waals surface area contributed by atoms with E-state index in [9.17, 15) is 0 Å². The Hall–Kier alpha value is -2.60. The second kappa shape index (κ2) is 11.9. The van der Waals surface area contributed by atoms with Crippen LogP contribution in [0.1, 0.15) is 25.0 Å². The van der Waals surface area contributed by atoms with E-state index in [1.54, 1.807) is 13.2 Å². The molecule has 0 aliphatic heterocycles. The molecule has 6 heteroatoms. The van der Waals surface area contributed by atoms with Crippen molar-refractivity contribution in [2.75, 3.05) is 26.8 Å². The maximum atomic E-state index is 5.79. The Bertz CT molecular complexity index is 692. The van der Waals surface area contributed by atoms with Gasteiger partial charge in [0.1, 0.15) is 0 Å². The van der Waals surface area contributed by atoms with Crippen LogP contribution in [0.15, 0.2) is 53.7 Å². The summed E-state index contributed by atoms with van der Waals surface area (Å²) in [5.41, 5.74) is 2.29. The van der Waals surface area contributed by atoms with Crippen LogP contribution in [-0.4, -0.2) is 37.7 Å². The number of hydrogen-bond acceptors (Lipinski definition) is 4. The first kappa shape index (κ1) is 20.7. The summed E-state index contributed by atoms with van der Waals surface area (Å²) in [6.07, 6.45) is 1.75. The average Bonchev–Trinajstić information content (AvgIpc) is 2.69. The summed E-state index contributed by atoms with van der Waals surface area (Å²) >= 11 is 0. The van der Waals surface area contributed by atoms with Gasteiger partial charge in [0.15, 0.2) is 5.96 Å². The van der Waals surface area contributed by atoms with Crippen molar-refractivity contribution in [3.8, 4) is 5.88 Å². The molecule has 27 heavy (non-hydrogen) atoms. The number of nitrogens with one attached hydrogen (secondary N) is 2. The Morgan fingerprint density at radius 2 is 1.96 bits per heavy atom. The van der Waals surface area contributed by atoms with Gasteiger partial charge in [-0.1, -0.05) is 37.3 Å². The van der Waals surface area contributed by atoms with Crippen molar-refractivity contribution in [1.29, 1.82) is 0 Å². The summed E-state index contributed by atoms with van der Waals surface area (Å²) in [6, 6.07) is 14.1. The zero-order valence-corrected chi connectivity index (χ0v) is 16.4. The first-order chi connectivity index (χ1) is 13.2. The number of benzene rings is 1. The minimum Gasteiger partial charge on any atom is -0.478 e. The lowest BCUT2D eigenvalue weighted by Crippen LogP contribution is -2.39. The Labute approximate surface area is 162 Å². The van der Waals surface area contributed by atoms with Gasteiger partial charge in [-0.2, -0.15) is 0 Å². The standard InChI is InChI=1S/C21H30N4O2/c1-4-27-20-12-19(10-11-23-20)14-25-21(22-3)24-13-17(2)15-26-16-18-8-6-5-7-9-18/h5-12,17H,4,13-16H2,1-3H3,(H2,22,24,25). The number of guanidine groups is 1. The maximum absolute atomic E-state index is 5.79. The third kappa shape index (κ3) is 8.09. The average molecular weight is 370 g/mol. The second-order valence-electron chi connectivity index (χ2n) is 6.35. The van der Waals surface area contributed by atoms with Gasteiger partial charge in [0, 0.05) is 32.4 Å². The van der Waals surface area contributed by atoms with Gasteiger partial charge >= 0.3 is 0 Å². The molecule has 0 aliphatic rings. The maximum Gasteiger partial charge on any atom is 0.213 e. The minimum atomic E-state index is 0.373. The molecule has 0 bridgehead atoms. The third-order valence-electron chi connectivity index (χ3n) is 3.91. The van der Waals surface area contributed by atoms with Crippen LogP contribution < -0.4 is 15.4 Å². The Morgan fingerprint density at radius 3 is 2.70 bits per heavy atom. The zero-order chi connectivity index (χ0) is 19.3. The molecule has 2 rings (SSSR count). The monoisotopic (exact) mass is 370 g/mol. The first-order valence-electron chi connectivity index (χ1n) is 9.35. The SMILES string of the molecule is CCOc1cc(CNC(=NC)NCC(C)COCc2ccccc2)ccn1. The Morgan fingerprint density at radius 1 is 1.15 bits per heavy atom. The fourth-order valence-corrected chi connectivity index (χ4v) is 2.48. The third-order valence-corrected chi connectivity index (χ3v) is 3.91. The number of ether oxygens (including phenoxy) is 2. The molecule has 1 unspecified atom stereocenters. The lowest BCUT2D eigenvalue weighted by atomic mass is 10.2. The van der Waals surface area contributed by atoms with E-state index in [-0.39, 0.29) is 0 Å². The van der Waals surface area contributed by atoms with Crippen LogP contribution in [0.25, 0.3) is 0 Å². The molecule has 0 spiro atoms. The molecule has 1 aromatic heterocycles.